The quantitative estimate of drug-likeness (QED) is 0.766. The lowest BCUT2D eigenvalue weighted by atomic mass is 10.3. The third kappa shape index (κ3) is 2.95. The molecule has 5 nitrogen and oxygen atoms in total. The van der Waals surface area contributed by atoms with Gasteiger partial charge in [-0.2, -0.15) is 5.10 Å². The van der Waals surface area contributed by atoms with Crippen LogP contribution in [0.2, 0.25) is 0 Å². The highest BCUT2D eigenvalue weighted by molar-refractivity contribution is 9.09. The van der Waals surface area contributed by atoms with Crippen molar-refractivity contribution in [1.82, 2.24) is 15.5 Å². The maximum Gasteiger partial charge on any atom is 0.271 e. The highest BCUT2D eigenvalue weighted by Crippen LogP contribution is 1.93. The fourth-order valence-corrected chi connectivity index (χ4v) is 0.969. The van der Waals surface area contributed by atoms with Crippen LogP contribution in [0.1, 0.15) is 17.4 Å². The minimum Gasteiger partial charge on any atom is -0.347 e. The van der Waals surface area contributed by atoms with E-state index in [4.69, 9.17) is 0 Å². The lowest BCUT2D eigenvalue weighted by Gasteiger charge is -2.09. The summed E-state index contributed by atoms with van der Waals surface area (Å²) in [6.45, 7) is 1.86. The Morgan fingerprint density at radius 2 is 2.43 bits per heavy atom. The predicted octanol–water partition coefficient (Wildman–Crippen LogP) is 0.283. The minimum absolute atomic E-state index is 0.0243. The van der Waals surface area contributed by atoms with Crippen molar-refractivity contribution in [3.63, 3.8) is 0 Å². The summed E-state index contributed by atoms with van der Waals surface area (Å²) in [5.41, 5.74) is -0.118. The monoisotopic (exact) mass is 259 g/mol. The summed E-state index contributed by atoms with van der Waals surface area (Å²) >= 11 is 3.23. The maximum absolute atomic E-state index is 11.4. The molecule has 1 rings (SSSR count). The van der Waals surface area contributed by atoms with Gasteiger partial charge in [-0.15, -0.1) is 0 Å². The summed E-state index contributed by atoms with van der Waals surface area (Å²) in [7, 11) is 0. The smallest absolute Gasteiger partial charge is 0.271 e. The average Bonchev–Trinajstić information content (AvgIpc) is 2.18. The highest BCUT2D eigenvalue weighted by Gasteiger charge is 2.09. The van der Waals surface area contributed by atoms with Crippen LogP contribution in [0.15, 0.2) is 16.9 Å². The van der Waals surface area contributed by atoms with Crippen molar-refractivity contribution in [3.05, 3.63) is 28.2 Å². The SMILES string of the molecule is CC(CBr)NC(=O)c1ccc(=O)[nH]n1. The van der Waals surface area contributed by atoms with E-state index in [2.05, 4.69) is 31.4 Å². The Morgan fingerprint density at radius 3 is 2.93 bits per heavy atom. The van der Waals surface area contributed by atoms with Crippen molar-refractivity contribution in [2.24, 2.45) is 0 Å². The number of rotatable bonds is 3. The Labute approximate surface area is 89.0 Å². The van der Waals surface area contributed by atoms with Gasteiger partial charge in [-0.25, -0.2) is 5.10 Å². The molecule has 1 atom stereocenters. The van der Waals surface area contributed by atoms with E-state index in [-0.39, 0.29) is 23.2 Å². The van der Waals surface area contributed by atoms with E-state index in [1.165, 1.54) is 12.1 Å². The molecule has 0 radical (unpaired) electrons. The van der Waals surface area contributed by atoms with Crippen LogP contribution in [-0.4, -0.2) is 27.5 Å². The number of H-pyrrole nitrogens is 1. The van der Waals surface area contributed by atoms with Gasteiger partial charge in [-0.1, -0.05) is 15.9 Å². The van der Waals surface area contributed by atoms with E-state index in [0.717, 1.165) is 0 Å². The van der Waals surface area contributed by atoms with Crippen molar-refractivity contribution >= 4 is 21.8 Å². The van der Waals surface area contributed by atoms with E-state index in [1.807, 2.05) is 6.92 Å². The average molecular weight is 260 g/mol. The molecule has 0 fully saturated rings. The van der Waals surface area contributed by atoms with Crippen molar-refractivity contribution < 1.29 is 4.79 Å². The first kappa shape index (κ1) is 10.9. The van der Waals surface area contributed by atoms with Gasteiger partial charge in [0.25, 0.3) is 11.5 Å². The number of carbonyl (C=O) groups excluding carboxylic acids is 1. The second kappa shape index (κ2) is 4.90. The number of carbonyl (C=O) groups is 1. The van der Waals surface area contributed by atoms with E-state index >= 15 is 0 Å². The Kier molecular flexibility index (Phi) is 3.82. The molecule has 1 heterocycles. The van der Waals surface area contributed by atoms with Gasteiger partial charge in [0, 0.05) is 17.4 Å². The van der Waals surface area contributed by atoms with E-state index in [9.17, 15) is 9.59 Å². The molecule has 0 aliphatic heterocycles. The number of hydrogen-bond acceptors (Lipinski definition) is 3. The largest absolute Gasteiger partial charge is 0.347 e. The molecule has 76 valence electrons. The molecule has 1 unspecified atom stereocenters. The number of aromatic nitrogens is 2. The van der Waals surface area contributed by atoms with Crippen LogP contribution in [0.4, 0.5) is 0 Å². The molecule has 0 saturated heterocycles. The zero-order chi connectivity index (χ0) is 10.6. The number of nitrogens with one attached hydrogen (secondary N) is 2. The normalized spacial score (nSPS) is 12.1. The van der Waals surface area contributed by atoms with Gasteiger partial charge in [0.15, 0.2) is 0 Å². The first-order chi connectivity index (χ1) is 6.63. The Bertz CT molecular complexity index is 357. The van der Waals surface area contributed by atoms with Crippen molar-refractivity contribution in [2.75, 3.05) is 5.33 Å². The molecular formula is C8H10BrN3O2. The molecule has 0 aliphatic rings. The molecule has 0 bridgehead atoms. The van der Waals surface area contributed by atoms with Crippen LogP contribution in [0.3, 0.4) is 0 Å². The van der Waals surface area contributed by atoms with Crippen LogP contribution in [0.25, 0.3) is 0 Å². The molecule has 0 saturated carbocycles. The Morgan fingerprint density at radius 1 is 1.71 bits per heavy atom. The van der Waals surface area contributed by atoms with Crippen LogP contribution >= 0.6 is 15.9 Å². The minimum atomic E-state index is -0.324. The number of halogens is 1. The van der Waals surface area contributed by atoms with Gasteiger partial charge >= 0.3 is 0 Å². The number of alkyl halides is 1. The summed E-state index contributed by atoms with van der Waals surface area (Å²) in [4.78, 5) is 22.1. The number of aromatic amines is 1. The lowest BCUT2D eigenvalue weighted by Crippen LogP contribution is -2.34. The highest BCUT2D eigenvalue weighted by atomic mass is 79.9. The third-order valence-corrected chi connectivity index (χ3v) is 2.49. The second-order valence-corrected chi connectivity index (χ2v) is 3.48. The lowest BCUT2D eigenvalue weighted by molar-refractivity contribution is 0.0938. The molecule has 0 aliphatic carbocycles. The summed E-state index contributed by atoms with van der Waals surface area (Å²) in [6.07, 6.45) is 0. The first-order valence-corrected chi connectivity index (χ1v) is 5.18. The summed E-state index contributed by atoms with van der Waals surface area (Å²) in [6, 6.07) is 2.67. The van der Waals surface area contributed by atoms with Crippen LogP contribution in [-0.2, 0) is 0 Å². The number of nitrogens with zero attached hydrogens (tertiary/aromatic N) is 1. The van der Waals surface area contributed by atoms with Crippen molar-refractivity contribution in [2.45, 2.75) is 13.0 Å². The second-order valence-electron chi connectivity index (χ2n) is 2.84. The fourth-order valence-electron chi connectivity index (χ4n) is 0.807. The molecule has 2 N–H and O–H groups in total. The van der Waals surface area contributed by atoms with Crippen molar-refractivity contribution in [3.8, 4) is 0 Å². The molecule has 1 aromatic heterocycles. The van der Waals surface area contributed by atoms with E-state index < -0.39 is 0 Å². The van der Waals surface area contributed by atoms with Gasteiger partial charge < -0.3 is 5.32 Å². The zero-order valence-corrected chi connectivity index (χ0v) is 9.17. The summed E-state index contributed by atoms with van der Waals surface area (Å²) in [5.74, 6) is -0.298. The Hall–Kier alpha value is -1.17. The van der Waals surface area contributed by atoms with Crippen LogP contribution in [0, 0.1) is 0 Å². The molecule has 0 spiro atoms. The molecular weight excluding hydrogens is 250 g/mol. The molecule has 0 aromatic carbocycles. The predicted molar refractivity (Wildman–Crippen MR) is 55.6 cm³/mol. The number of amides is 1. The molecule has 1 aromatic rings. The molecule has 14 heavy (non-hydrogen) atoms. The topological polar surface area (TPSA) is 74.8 Å². The Balaban J connectivity index is 2.70. The van der Waals surface area contributed by atoms with Crippen molar-refractivity contribution in [1.29, 1.82) is 0 Å². The van der Waals surface area contributed by atoms with Crippen LogP contribution < -0.4 is 10.9 Å². The third-order valence-electron chi connectivity index (χ3n) is 1.52. The summed E-state index contributed by atoms with van der Waals surface area (Å²) < 4.78 is 0. The van der Waals surface area contributed by atoms with Crippen LogP contribution in [0.5, 0.6) is 0 Å². The van der Waals surface area contributed by atoms with E-state index in [0.29, 0.717) is 5.33 Å². The number of hydrogen-bond donors (Lipinski definition) is 2. The van der Waals surface area contributed by atoms with Gasteiger partial charge in [-0.05, 0) is 13.0 Å². The first-order valence-electron chi connectivity index (χ1n) is 4.06. The van der Waals surface area contributed by atoms with Gasteiger partial charge in [0.1, 0.15) is 5.69 Å². The zero-order valence-electron chi connectivity index (χ0n) is 7.58. The molecule has 1 amide bonds. The summed E-state index contributed by atoms with van der Waals surface area (Å²) in [5, 5.41) is 9.16. The van der Waals surface area contributed by atoms with Gasteiger partial charge in [-0.3, -0.25) is 9.59 Å². The fraction of sp³-hybridized carbons (Fsp3) is 0.375. The standard InChI is InChI=1S/C8H10BrN3O2/c1-5(4-9)10-8(14)6-2-3-7(13)12-11-6/h2-3,5H,4H2,1H3,(H,10,14)(H,12,13). The van der Waals surface area contributed by atoms with E-state index in [1.54, 1.807) is 0 Å². The molecule has 6 heteroatoms. The van der Waals surface area contributed by atoms with Gasteiger partial charge in [0.05, 0.1) is 0 Å². The van der Waals surface area contributed by atoms with Gasteiger partial charge in [0.2, 0.25) is 0 Å². The maximum atomic E-state index is 11.4.